The van der Waals surface area contributed by atoms with Gasteiger partial charge in [0.05, 0.1) is 6.42 Å². The van der Waals surface area contributed by atoms with Crippen LogP contribution in [0.15, 0.2) is 42.5 Å². The topological polar surface area (TPSA) is 46.5 Å². The van der Waals surface area contributed by atoms with E-state index in [0.717, 1.165) is 11.1 Å². The van der Waals surface area contributed by atoms with Gasteiger partial charge in [-0.05, 0) is 48.4 Å². The standard InChI is InChI=1S/C15H13ClO3/c1-10-8-13(6-7-14(10)16)19-12-4-2-11(3-5-12)9-15(17)18/h2-8H,9H2,1H3,(H,17,18). The second-order valence-electron chi connectivity index (χ2n) is 4.23. The molecule has 0 fully saturated rings. The van der Waals surface area contributed by atoms with Crippen LogP contribution >= 0.6 is 11.6 Å². The number of carboxylic acids is 1. The summed E-state index contributed by atoms with van der Waals surface area (Å²) in [5.41, 5.74) is 1.69. The molecule has 0 saturated carbocycles. The molecule has 0 aliphatic heterocycles. The number of aliphatic carboxylic acids is 1. The highest BCUT2D eigenvalue weighted by Gasteiger charge is 2.03. The molecule has 0 unspecified atom stereocenters. The van der Waals surface area contributed by atoms with Crippen molar-refractivity contribution in [1.29, 1.82) is 0 Å². The lowest BCUT2D eigenvalue weighted by molar-refractivity contribution is -0.136. The molecule has 0 atom stereocenters. The number of aryl methyl sites for hydroxylation is 1. The van der Waals surface area contributed by atoms with Crippen molar-refractivity contribution < 1.29 is 14.6 Å². The molecular weight excluding hydrogens is 264 g/mol. The summed E-state index contributed by atoms with van der Waals surface area (Å²) in [6, 6.07) is 12.4. The van der Waals surface area contributed by atoms with Gasteiger partial charge in [-0.15, -0.1) is 0 Å². The Hall–Kier alpha value is -2.00. The molecule has 0 spiro atoms. The van der Waals surface area contributed by atoms with E-state index >= 15 is 0 Å². The van der Waals surface area contributed by atoms with E-state index in [1.54, 1.807) is 36.4 Å². The van der Waals surface area contributed by atoms with Crippen molar-refractivity contribution in [3.8, 4) is 11.5 Å². The van der Waals surface area contributed by atoms with Gasteiger partial charge in [-0.1, -0.05) is 23.7 Å². The highest BCUT2D eigenvalue weighted by Crippen LogP contribution is 2.26. The summed E-state index contributed by atoms with van der Waals surface area (Å²) in [5, 5.41) is 9.38. The number of halogens is 1. The quantitative estimate of drug-likeness (QED) is 0.916. The monoisotopic (exact) mass is 276 g/mol. The van der Waals surface area contributed by atoms with Crippen molar-refractivity contribution in [2.45, 2.75) is 13.3 Å². The fraction of sp³-hybridized carbons (Fsp3) is 0.133. The Kier molecular flexibility index (Phi) is 4.07. The Bertz CT molecular complexity index is 591. The first-order chi connectivity index (χ1) is 9.04. The minimum atomic E-state index is -0.845. The largest absolute Gasteiger partial charge is 0.481 e. The summed E-state index contributed by atoms with van der Waals surface area (Å²) in [6.07, 6.45) is 0.0142. The summed E-state index contributed by atoms with van der Waals surface area (Å²) in [6.45, 7) is 1.91. The summed E-state index contributed by atoms with van der Waals surface area (Å²) in [5.74, 6) is 0.519. The van der Waals surface area contributed by atoms with Crippen LogP contribution in [-0.2, 0) is 11.2 Å². The minimum Gasteiger partial charge on any atom is -0.481 e. The Balaban J connectivity index is 2.10. The molecule has 0 radical (unpaired) electrons. The number of ether oxygens (including phenoxy) is 1. The molecule has 2 rings (SSSR count). The lowest BCUT2D eigenvalue weighted by Gasteiger charge is -2.07. The fourth-order valence-electron chi connectivity index (χ4n) is 1.67. The summed E-state index contributed by atoms with van der Waals surface area (Å²) in [4.78, 5) is 10.6. The third-order valence-electron chi connectivity index (χ3n) is 2.64. The molecule has 4 heteroatoms. The Labute approximate surface area is 116 Å². The third kappa shape index (κ3) is 3.73. The highest BCUT2D eigenvalue weighted by molar-refractivity contribution is 6.31. The van der Waals surface area contributed by atoms with Crippen molar-refractivity contribution >= 4 is 17.6 Å². The molecule has 0 aliphatic carbocycles. The van der Waals surface area contributed by atoms with Crippen LogP contribution in [0.5, 0.6) is 11.5 Å². The first kappa shape index (κ1) is 13.4. The zero-order valence-corrected chi connectivity index (χ0v) is 11.1. The van der Waals surface area contributed by atoms with Gasteiger partial charge in [-0.3, -0.25) is 4.79 Å². The van der Waals surface area contributed by atoms with Crippen molar-refractivity contribution in [2.75, 3.05) is 0 Å². The number of carboxylic acid groups (broad SMARTS) is 1. The molecular formula is C15H13ClO3. The minimum absolute atomic E-state index is 0.0142. The number of hydrogen-bond acceptors (Lipinski definition) is 2. The zero-order chi connectivity index (χ0) is 13.8. The van der Waals surface area contributed by atoms with Gasteiger partial charge in [-0.2, -0.15) is 0 Å². The van der Waals surface area contributed by atoms with E-state index in [9.17, 15) is 4.79 Å². The van der Waals surface area contributed by atoms with E-state index in [1.165, 1.54) is 0 Å². The molecule has 19 heavy (non-hydrogen) atoms. The highest BCUT2D eigenvalue weighted by atomic mass is 35.5. The van der Waals surface area contributed by atoms with Gasteiger partial charge in [-0.25, -0.2) is 0 Å². The van der Waals surface area contributed by atoms with Crippen molar-refractivity contribution in [3.05, 3.63) is 58.6 Å². The average Bonchev–Trinajstić information content (AvgIpc) is 2.36. The zero-order valence-electron chi connectivity index (χ0n) is 10.4. The van der Waals surface area contributed by atoms with E-state index in [-0.39, 0.29) is 6.42 Å². The maximum Gasteiger partial charge on any atom is 0.307 e. The maximum absolute atomic E-state index is 10.6. The van der Waals surface area contributed by atoms with Crippen LogP contribution in [0.2, 0.25) is 5.02 Å². The van der Waals surface area contributed by atoms with Gasteiger partial charge in [0, 0.05) is 5.02 Å². The van der Waals surface area contributed by atoms with E-state index in [1.807, 2.05) is 13.0 Å². The lowest BCUT2D eigenvalue weighted by atomic mass is 10.1. The molecule has 98 valence electrons. The molecule has 2 aromatic rings. The molecule has 0 bridgehead atoms. The van der Waals surface area contributed by atoms with Crippen LogP contribution < -0.4 is 4.74 Å². The Morgan fingerprint density at radius 1 is 1.16 bits per heavy atom. The molecule has 0 aromatic heterocycles. The molecule has 0 amide bonds. The molecule has 0 heterocycles. The summed E-state index contributed by atoms with van der Waals surface area (Å²) in [7, 11) is 0. The second-order valence-corrected chi connectivity index (χ2v) is 4.63. The second kappa shape index (κ2) is 5.76. The first-order valence-corrected chi connectivity index (χ1v) is 6.17. The van der Waals surface area contributed by atoms with Crippen LogP contribution in [0.3, 0.4) is 0 Å². The Morgan fingerprint density at radius 3 is 2.37 bits per heavy atom. The van der Waals surface area contributed by atoms with Crippen LogP contribution in [0.1, 0.15) is 11.1 Å². The van der Waals surface area contributed by atoms with Gasteiger partial charge in [0.1, 0.15) is 11.5 Å². The predicted octanol–water partition coefficient (Wildman–Crippen LogP) is 4.07. The van der Waals surface area contributed by atoms with Gasteiger partial charge in [0.2, 0.25) is 0 Å². The SMILES string of the molecule is Cc1cc(Oc2ccc(CC(=O)O)cc2)ccc1Cl. The van der Waals surface area contributed by atoms with Crippen LogP contribution in [0.25, 0.3) is 0 Å². The summed E-state index contributed by atoms with van der Waals surface area (Å²) < 4.78 is 5.67. The van der Waals surface area contributed by atoms with Gasteiger partial charge < -0.3 is 9.84 Å². The Morgan fingerprint density at radius 2 is 1.79 bits per heavy atom. The van der Waals surface area contributed by atoms with Gasteiger partial charge >= 0.3 is 5.97 Å². The normalized spacial score (nSPS) is 10.2. The molecule has 1 N–H and O–H groups in total. The fourth-order valence-corrected chi connectivity index (χ4v) is 1.78. The molecule has 0 aliphatic rings. The van der Waals surface area contributed by atoms with Crippen molar-refractivity contribution in [2.24, 2.45) is 0 Å². The van der Waals surface area contributed by atoms with Crippen LogP contribution in [0, 0.1) is 6.92 Å². The smallest absolute Gasteiger partial charge is 0.307 e. The lowest BCUT2D eigenvalue weighted by Crippen LogP contribution is -1.99. The number of hydrogen-bond donors (Lipinski definition) is 1. The van der Waals surface area contributed by atoms with Crippen molar-refractivity contribution in [3.63, 3.8) is 0 Å². The number of carbonyl (C=O) groups is 1. The van der Waals surface area contributed by atoms with Crippen molar-refractivity contribution in [1.82, 2.24) is 0 Å². The number of benzene rings is 2. The summed E-state index contributed by atoms with van der Waals surface area (Å²) >= 11 is 5.94. The number of rotatable bonds is 4. The van der Waals surface area contributed by atoms with Crippen LogP contribution in [0.4, 0.5) is 0 Å². The van der Waals surface area contributed by atoms with Gasteiger partial charge in [0.25, 0.3) is 0 Å². The van der Waals surface area contributed by atoms with E-state index in [0.29, 0.717) is 16.5 Å². The average molecular weight is 277 g/mol. The van der Waals surface area contributed by atoms with E-state index in [2.05, 4.69) is 0 Å². The predicted molar refractivity (Wildman–Crippen MR) is 74.0 cm³/mol. The maximum atomic E-state index is 10.6. The molecule has 2 aromatic carbocycles. The third-order valence-corrected chi connectivity index (χ3v) is 3.07. The van der Waals surface area contributed by atoms with Gasteiger partial charge in [0.15, 0.2) is 0 Å². The van der Waals surface area contributed by atoms with E-state index in [4.69, 9.17) is 21.4 Å². The van der Waals surface area contributed by atoms with E-state index < -0.39 is 5.97 Å². The first-order valence-electron chi connectivity index (χ1n) is 5.79. The van der Waals surface area contributed by atoms with Crippen LogP contribution in [-0.4, -0.2) is 11.1 Å². The molecule has 0 saturated heterocycles. The molecule has 3 nitrogen and oxygen atoms in total.